The maximum absolute atomic E-state index is 12.5. The highest BCUT2D eigenvalue weighted by Gasteiger charge is 2.19. The third-order valence-electron chi connectivity index (χ3n) is 4.76. The highest BCUT2D eigenvalue weighted by molar-refractivity contribution is 5.90. The van der Waals surface area contributed by atoms with Crippen LogP contribution >= 0.6 is 0 Å². The summed E-state index contributed by atoms with van der Waals surface area (Å²) in [5.41, 5.74) is 3.47. The fourth-order valence-electron chi connectivity index (χ4n) is 3.26. The van der Waals surface area contributed by atoms with E-state index in [4.69, 9.17) is 9.84 Å². The summed E-state index contributed by atoms with van der Waals surface area (Å²) < 4.78 is 8.03. The number of benzene rings is 3. The van der Waals surface area contributed by atoms with Crippen molar-refractivity contribution in [2.45, 2.75) is 19.8 Å². The van der Waals surface area contributed by atoms with Gasteiger partial charge in [-0.2, -0.15) is 5.10 Å². The second-order valence-corrected chi connectivity index (χ2v) is 6.95. The first kappa shape index (κ1) is 19.5. The average molecular weight is 397 g/mol. The maximum Gasteiger partial charge on any atom is 0.226 e. The summed E-state index contributed by atoms with van der Waals surface area (Å²) in [5, 5.41) is 7.63. The van der Waals surface area contributed by atoms with Crippen LogP contribution in [-0.4, -0.2) is 15.7 Å². The van der Waals surface area contributed by atoms with E-state index in [9.17, 15) is 4.79 Å². The second kappa shape index (κ2) is 9.09. The monoisotopic (exact) mass is 397 g/mol. The molecular weight excluding hydrogens is 374 g/mol. The summed E-state index contributed by atoms with van der Waals surface area (Å²) in [6.07, 6.45) is 0.862. The summed E-state index contributed by atoms with van der Waals surface area (Å²) in [7, 11) is 0. The Labute approximate surface area is 175 Å². The van der Waals surface area contributed by atoms with E-state index in [1.807, 2.05) is 97.9 Å². The average Bonchev–Trinajstić information content (AvgIpc) is 3.09. The van der Waals surface area contributed by atoms with Crippen LogP contribution in [0.15, 0.2) is 91.0 Å². The minimum Gasteiger partial charge on any atom is -0.439 e. The van der Waals surface area contributed by atoms with Gasteiger partial charge in [0.2, 0.25) is 11.8 Å². The number of nitrogens with zero attached hydrogens (tertiary/aromatic N) is 2. The zero-order valence-corrected chi connectivity index (χ0v) is 16.8. The molecule has 1 N–H and O–H groups in total. The van der Waals surface area contributed by atoms with Crippen molar-refractivity contribution in [2.75, 3.05) is 5.32 Å². The normalized spacial score (nSPS) is 10.6. The topological polar surface area (TPSA) is 56.2 Å². The zero-order valence-electron chi connectivity index (χ0n) is 16.8. The van der Waals surface area contributed by atoms with Crippen molar-refractivity contribution in [1.82, 2.24) is 9.78 Å². The molecule has 0 fully saturated rings. The minimum atomic E-state index is -0.0428. The molecule has 0 aliphatic rings. The number of aromatic nitrogens is 2. The predicted molar refractivity (Wildman–Crippen MR) is 118 cm³/mol. The summed E-state index contributed by atoms with van der Waals surface area (Å²) >= 11 is 0. The van der Waals surface area contributed by atoms with Crippen LogP contribution in [0.1, 0.15) is 17.7 Å². The highest BCUT2D eigenvalue weighted by Crippen LogP contribution is 2.31. The second-order valence-electron chi connectivity index (χ2n) is 6.95. The number of ether oxygens (including phenoxy) is 1. The molecule has 4 aromatic rings. The Hall–Kier alpha value is -3.86. The Morgan fingerprint density at radius 1 is 0.900 bits per heavy atom. The molecule has 0 atom stereocenters. The number of nitrogens with one attached hydrogen (secondary N) is 1. The van der Waals surface area contributed by atoms with Gasteiger partial charge in [0, 0.05) is 17.7 Å². The maximum atomic E-state index is 12.5. The van der Waals surface area contributed by atoms with Crippen molar-refractivity contribution in [3.05, 3.63) is 102 Å². The van der Waals surface area contributed by atoms with Crippen LogP contribution in [0.5, 0.6) is 11.6 Å². The number of hydrogen-bond donors (Lipinski definition) is 1. The lowest BCUT2D eigenvalue weighted by Crippen LogP contribution is -2.12. The number of aryl methyl sites for hydroxylation is 1. The molecule has 0 unspecified atom stereocenters. The lowest BCUT2D eigenvalue weighted by atomic mass is 10.1. The Morgan fingerprint density at radius 2 is 1.50 bits per heavy atom. The van der Waals surface area contributed by atoms with Crippen molar-refractivity contribution in [3.8, 4) is 17.3 Å². The Kier molecular flexibility index (Phi) is 5.90. The highest BCUT2D eigenvalue weighted by atomic mass is 16.5. The number of anilines is 1. The first-order chi connectivity index (χ1) is 14.7. The van der Waals surface area contributed by atoms with Crippen molar-refractivity contribution < 1.29 is 9.53 Å². The number of rotatable bonds is 7. The molecule has 4 rings (SSSR count). The SMILES string of the molecule is Cc1nn(-c2ccccc2)c(Oc2ccccc2)c1CCC(=O)Nc1ccccc1. The van der Waals surface area contributed by atoms with Crippen LogP contribution in [0, 0.1) is 6.92 Å². The van der Waals surface area contributed by atoms with E-state index in [1.54, 1.807) is 4.68 Å². The molecule has 5 nitrogen and oxygen atoms in total. The van der Waals surface area contributed by atoms with Crippen LogP contribution in [0.2, 0.25) is 0 Å². The Bertz CT molecular complexity index is 1110. The standard InChI is InChI=1S/C25H23N3O2/c1-19-23(17-18-24(29)26-20-11-5-2-6-12-20)25(30-22-15-9-4-10-16-22)28(27-19)21-13-7-3-8-14-21/h2-16H,17-18H2,1H3,(H,26,29). The summed E-state index contributed by atoms with van der Waals surface area (Å²) in [6, 6.07) is 28.9. The van der Waals surface area contributed by atoms with Gasteiger partial charge in [-0.05, 0) is 49.7 Å². The van der Waals surface area contributed by atoms with Crippen molar-refractivity contribution in [1.29, 1.82) is 0 Å². The molecule has 0 saturated heterocycles. The van der Waals surface area contributed by atoms with E-state index < -0.39 is 0 Å². The van der Waals surface area contributed by atoms with Gasteiger partial charge >= 0.3 is 0 Å². The van der Waals surface area contributed by atoms with Gasteiger partial charge in [0.15, 0.2) is 0 Å². The van der Waals surface area contributed by atoms with E-state index in [0.29, 0.717) is 18.7 Å². The van der Waals surface area contributed by atoms with E-state index >= 15 is 0 Å². The molecule has 0 spiro atoms. The molecule has 0 saturated carbocycles. The molecule has 1 heterocycles. The minimum absolute atomic E-state index is 0.0428. The Balaban J connectivity index is 1.60. The molecule has 1 amide bonds. The van der Waals surface area contributed by atoms with Crippen molar-refractivity contribution in [2.24, 2.45) is 0 Å². The first-order valence-corrected chi connectivity index (χ1v) is 9.92. The molecular formula is C25H23N3O2. The summed E-state index contributed by atoms with van der Waals surface area (Å²) in [5.74, 6) is 1.32. The van der Waals surface area contributed by atoms with Crippen molar-refractivity contribution >= 4 is 11.6 Å². The smallest absolute Gasteiger partial charge is 0.226 e. The van der Waals surface area contributed by atoms with Gasteiger partial charge in [-0.3, -0.25) is 4.79 Å². The van der Waals surface area contributed by atoms with Crippen LogP contribution in [0.25, 0.3) is 5.69 Å². The van der Waals surface area contributed by atoms with Gasteiger partial charge in [0.05, 0.1) is 11.4 Å². The number of hydrogen-bond acceptors (Lipinski definition) is 3. The van der Waals surface area contributed by atoms with Crippen LogP contribution in [0.3, 0.4) is 0 Å². The first-order valence-electron chi connectivity index (χ1n) is 9.92. The molecule has 5 heteroatoms. The van der Waals surface area contributed by atoms with Gasteiger partial charge in [-0.1, -0.05) is 54.6 Å². The Morgan fingerprint density at radius 3 is 2.17 bits per heavy atom. The lowest BCUT2D eigenvalue weighted by molar-refractivity contribution is -0.116. The third-order valence-corrected chi connectivity index (χ3v) is 4.76. The van der Waals surface area contributed by atoms with Crippen molar-refractivity contribution in [3.63, 3.8) is 0 Å². The largest absolute Gasteiger partial charge is 0.439 e. The van der Waals surface area contributed by atoms with Gasteiger partial charge < -0.3 is 10.1 Å². The van der Waals surface area contributed by atoms with Crippen LogP contribution in [0.4, 0.5) is 5.69 Å². The lowest BCUT2D eigenvalue weighted by Gasteiger charge is -2.11. The van der Waals surface area contributed by atoms with E-state index in [2.05, 4.69) is 5.32 Å². The zero-order chi connectivity index (χ0) is 20.8. The molecule has 30 heavy (non-hydrogen) atoms. The predicted octanol–water partition coefficient (Wildman–Crippen LogP) is 5.54. The number of para-hydroxylation sites is 3. The number of carbonyl (C=O) groups excluding carboxylic acids is 1. The molecule has 0 bridgehead atoms. The summed E-state index contributed by atoms with van der Waals surface area (Å²) in [4.78, 5) is 12.5. The quantitative estimate of drug-likeness (QED) is 0.445. The fourth-order valence-corrected chi connectivity index (χ4v) is 3.26. The molecule has 1 aromatic heterocycles. The van der Waals surface area contributed by atoms with Crippen LogP contribution in [-0.2, 0) is 11.2 Å². The molecule has 3 aromatic carbocycles. The molecule has 150 valence electrons. The third kappa shape index (κ3) is 4.58. The van der Waals surface area contributed by atoms with E-state index in [1.165, 1.54) is 0 Å². The molecule has 0 radical (unpaired) electrons. The number of carbonyl (C=O) groups is 1. The fraction of sp³-hybridized carbons (Fsp3) is 0.120. The van der Waals surface area contributed by atoms with Gasteiger partial charge in [-0.25, -0.2) is 4.68 Å². The number of amides is 1. The van der Waals surface area contributed by atoms with Crippen LogP contribution < -0.4 is 10.1 Å². The molecule has 0 aliphatic carbocycles. The van der Waals surface area contributed by atoms with E-state index in [-0.39, 0.29) is 5.91 Å². The van der Waals surface area contributed by atoms with E-state index in [0.717, 1.165) is 28.4 Å². The van der Waals surface area contributed by atoms with Gasteiger partial charge in [-0.15, -0.1) is 0 Å². The van der Waals surface area contributed by atoms with Gasteiger partial charge in [0.25, 0.3) is 0 Å². The molecule has 0 aliphatic heterocycles. The van der Waals surface area contributed by atoms with Gasteiger partial charge in [0.1, 0.15) is 5.75 Å². The summed E-state index contributed by atoms with van der Waals surface area (Å²) in [6.45, 7) is 1.95.